The average molecular weight is 570 g/mol. The highest BCUT2D eigenvalue weighted by atomic mass is 127. The Kier molecular flexibility index (Phi) is 6.74. The molecule has 2 aromatic carbocycles. The molecule has 0 radical (unpaired) electrons. The molecule has 5 rings (SSSR count). The van der Waals surface area contributed by atoms with E-state index in [4.69, 9.17) is 9.97 Å². The van der Waals surface area contributed by atoms with Crippen molar-refractivity contribution in [1.29, 1.82) is 0 Å². The highest BCUT2D eigenvalue weighted by Gasteiger charge is 2.19. The number of hydrogen-bond donors (Lipinski definition) is 2. The van der Waals surface area contributed by atoms with Gasteiger partial charge < -0.3 is 15.1 Å². The van der Waals surface area contributed by atoms with Gasteiger partial charge in [0.1, 0.15) is 0 Å². The number of nitrogens with zero attached hydrogens (tertiary/aromatic N) is 6. The third-order valence-corrected chi connectivity index (χ3v) is 6.91. The molecule has 1 aliphatic rings. The molecule has 2 aromatic heterocycles. The summed E-state index contributed by atoms with van der Waals surface area (Å²) < 4.78 is 1.20. The van der Waals surface area contributed by atoms with Gasteiger partial charge in [-0.2, -0.15) is 20.1 Å². The molecule has 10 heteroatoms. The van der Waals surface area contributed by atoms with Crippen LogP contribution in [0.2, 0.25) is 0 Å². The minimum atomic E-state index is 0.484. The maximum Gasteiger partial charge on any atom is 0.234 e. The minimum Gasteiger partial charge on any atom is -0.338 e. The molecule has 3 heterocycles. The van der Waals surface area contributed by atoms with Crippen molar-refractivity contribution in [2.45, 2.75) is 10.1 Å². The Bertz CT molecular complexity index is 1210. The van der Waals surface area contributed by atoms with Gasteiger partial charge in [-0.25, -0.2) is 0 Å². The molecule has 8 nitrogen and oxygen atoms in total. The van der Waals surface area contributed by atoms with E-state index < -0.39 is 0 Å². The van der Waals surface area contributed by atoms with Crippen LogP contribution in [0.1, 0.15) is 0 Å². The molecule has 0 unspecified atom stereocenters. The van der Waals surface area contributed by atoms with Crippen molar-refractivity contribution in [3.05, 3.63) is 64.2 Å². The lowest BCUT2D eigenvalue weighted by atomic mass is 10.2. The van der Waals surface area contributed by atoms with E-state index in [9.17, 15) is 0 Å². The van der Waals surface area contributed by atoms with E-state index in [-0.39, 0.29) is 0 Å². The van der Waals surface area contributed by atoms with Crippen LogP contribution in [0.15, 0.2) is 70.7 Å². The molecule has 168 valence electrons. The number of halogens is 1. The quantitative estimate of drug-likeness (QED) is 0.328. The van der Waals surface area contributed by atoms with Gasteiger partial charge in [0.25, 0.3) is 0 Å². The van der Waals surface area contributed by atoms with E-state index in [0.717, 1.165) is 42.3 Å². The number of rotatable bonds is 6. The summed E-state index contributed by atoms with van der Waals surface area (Å²) in [4.78, 5) is 19.8. The molecule has 0 aliphatic carbocycles. The van der Waals surface area contributed by atoms with Crippen molar-refractivity contribution >= 4 is 52.1 Å². The number of H-pyrrole nitrogens is 1. The van der Waals surface area contributed by atoms with E-state index in [1.807, 2.05) is 36.4 Å². The SMILES string of the molecule is CN1CCN(c2nc(Nc3cc(-c4ccccc4)[nH]n3)nc(Sc3ccc(I)cc3)n2)CC1. The molecule has 0 atom stereocenters. The van der Waals surface area contributed by atoms with Crippen molar-refractivity contribution in [2.24, 2.45) is 0 Å². The lowest BCUT2D eigenvalue weighted by Gasteiger charge is -2.32. The Balaban J connectivity index is 1.42. The van der Waals surface area contributed by atoms with Crippen LogP contribution < -0.4 is 10.2 Å². The van der Waals surface area contributed by atoms with E-state index in [1.54, 1.807) is 0 Å². The van der Waals surface area contributed by atoms with E-state index in [2.05, 4.69) is 84.2 Å². The highest BCUT2D eigenvalue weighted by molar-refractivity contribution is 14.1. The average Bonchev–Trinajstić information content (AvgIpc) is 3.30. The first-order chi connectivity index (χ1) is 16.1. The van der Waals surface area contributed by atoms with E-state index in [1.165, 1.54) is 15.3 Å². The molecule has 0 spiro atoms. The largest absolute Gasteiger partial charge is 0.338 e. The summed E-state index contributed by atoms with van der Waals surface area (Å²) in [5.41, 5.74) is 2.00. The van der Waals surface area contributed by atoms with E-state index in [0.29, 0.717) is 22.9 Å². The lowest BCUT2D eigenvalue weighted by Crippen LogP contribution is -2.45. The number of aromatic amines is 1. The highest BCUT2D eigenvalue weighted by Crippen LogP contribution is 2.28. The second-order valence-corrected chi connectivity index (χ2v) is 10.0. The van der Waals surface area contributed by atoms with Crippen LogP contribution in [0.25, 0.3) is 11.3 Å². The Labute approximate surface area is 210 Å². The second-order valence-electron chi connectivity index (χ2n) is 7.75. The van der Waals surface area contributed by atoms with Gasteiger partial charge in [0, 0.05) is 40.7 Å². The second kappa shape index (κ2) is 10.1. The topological polar surface area (TPSA) is 85.9 Å². The predicted molar refractivity (Wildman–Crippen MR) is 140 cm³/mol. The van der Waals surface area contributed by atoms with Crippen molar-refractivity contribution < 1.29 is 0 Å². The Morgan fingerprint density at radius 2 is 1.70 bits per heavy atom. The molecular formula is C23H23IN8S. The maximum atomic E-state index is 4.77. The summed E-state index contributed by atoms with van der Waals surface area (Å²) in [7, 11) is 2.14. The molecule has 0 saturated carbocycles. The Hall–Kier alpha value is -2.70. The standard InChI is InChI=1S/C23H23IN8S/c1-31-11-13-32(14-12-31)22-26-21(27-23(28-22)33-18-9-7-17(24)8-10-18)25-20-15-19(29-30-20)16-5-3-2-4-6-16/h2-10,15H,11-14H2,1H3,(H2,25,26,27,28,29,30). The normalized spacial score (nSPS) is 14.4. The van der Waals surface area contributed by atoms with Gasteiger partial charge in [-0.1, -0.05) is 30.3 Å². The first-order valence-electron chi connectivity index (χ1n) is 10.6. The predicted octanol–water partition coefficient (Wildman–Crippen LogP) is 4.51. The zero-order chi connectivity index (χ0) is 22.6. The summed E-state index contributed by atoms with van der Waals surface area (Å²) in [5.74, 6) is 1.83. The van der Waals surface area contributed by atoms with Crippen molar-refractivity contribution in [3.8, 4) is 11.3 Å². The summed E-state index contributed by atoms with van der Waals surface area (Å²) in [6.07, 6.45) is 0. The fourth-order valence-electron chi connectivity index (χ4n) is 3.47. The molecule has 1 saturated heterocycles. The first kappa shape index (κ1) is 22.1. The minimum absolute atomic E-state index is 0.484. The van der Waals surface area contributed by atoms with Crippen LogP contribution in [0, 0.1) is 3.57 Å². The molecule has 0 bridgehead atoms. The smallest absolute Gasteiger partial charge is 0.234 e. The lowest BCUT2D eigenvalue weighted by molar-refractivity contribution is 0.311. The zero-order valence-corrected chi connectivity index (χ0v) is 21.0. The van der Waals surface area contributed by atoms with Gasteiger partial charge in [0.05, 0.1) is 5.69 Å². The molecule has 1 fully saturated rings. The van der Waals surface area contributed by atoms with Gasteiger partial charge >= 0.3 is 0 Å². The number of aromatic nitrogens is 5. The summed E-state index contributed by atoms with van der Waals surface area (Å²) >= 11 is 3.84. The number of hydrogen-bond acceptors (Lipinski definition) is 8. The van der Waals surface area contributed by atoms with Crippen LogP contribution in [-0.4, -0.2) is 63.3 Å². The Morgan fingerprint density at radius 1 is 0.939 bits per heavy atom. The number of likely N-dealkylation sites (N-methyl/N-ethyl adjacent to an activating group) is 1. The fourth-order valence-corrected chi connectivity index (χ4v) is 4.57. The summed E-state index contributed by atoms with van der Waals surface area (Å²) in [6, 6.07) is 20.4. The molecular weight excluding hydrogens is 547 g/mol. The van der Waals surface area contributed by atoms with Gasteiger partial charge in [-0.05, 0) is 71.2 Å². The molecule has 1 aliphatic heterocycles. The summed E-state index contributed by atoms with van der Waals surface area (Å²) in [5, 5.41) is 11.4. The maximum absolute atomic E-state index is 4.77. The van der Waals surface area contributed by atoms with Gasteiger partial charge in [-0.3, -0.25) is 5.10 Å². The molecule has 0 amide bonds. The number of nitrogens with one attached hydrogen (secondary N) is 2. The van der Waals surface area contributed by atoms with Crippen molar-refractivity contribution in [2.75, 3.05) is 43.4 Å². The third kappa shape index (κ3) is 5.63. The van der Waals surface area contributed by atoms with Crippen LogP contribution in [-0.2, 0) is 0 Å². The van der Waals surface area contributed by atoms with Crippen LogP contribution in [0.4, 0.5) is 17.7 Å². The van der Waals surface area contributed by atoms with Gasteiger partial charge in [0.2, 0.25) is 11.9 Å². The van der Waals surface area contributed by atoms with Crippen LogP contribution in [0.3, 0.4) is 0 Å². The Morgan fingerprint density at radius 3 is 2.45 bits per heavy atom. The van der Waals surface area contributed by atoms with E-state index >= 15 is 0 Å². The first-order valence-corrected chi connectivity index (χ1v) is 12.5. The number of anilines is 3. The molecule has 33 heavy (non-hydrogen) atoms. The summed E-state index contributed by atoms with van der Waals surface area (Å²) in [6.45, 7) is 3.73. The molecule has 2 N–H and O–H groups in total. The zero-order valence-electron chi connectivity index (χ0n) is 18.1. The monoisotopic (exact) mass is 570 g/mol. The molecule has 4 aromatic rings. The number of piperazine rings is 1. The van der Waals surface area contributed by atoms with Crippen LogP contribution in [0.5, 0.6) is 0 Å². The van der Waals surface area contributed by atoms with Gasteiger partial charge in [0.15, 0.2) is 11.0 Å². The van der Waals surface area contributed by atoms with Crippen molar-refractivity contribution in [3.63, 3.8) is 0 Å². The fraction of sp³-hybridized carbons (Fsp3) is 0.217. The van der Waals surface area contributed by atoms with Crippen LogP contribution >= 0.6 is 34.4 Å². The number of benzene rings is 2. The van der Waals surface area contributed by atoms with Gasteiger partial charge in [-0.15, -0.1) is 0 Å². The van der Waals surface area contributed by atoms with Crippen molar-refractivity contribution in [1.82, 2.24) is 30.0 Å². The third-order valence-electron chi connectivity index (χ3n) is 5.31.